The third kappa shape index (κ3) is 4.29. The van der Waals surface area contributed by atoms with Crippen LogP contribution in [0.4, 0.5) is 5.13 Å². The summed E-state index contributed by atoms with van der Waals surface area (Å²) in [5.74, 6) is 0.145. The molecule has 1 aromatic rings. The predicted molar refractivity (Wildman–Crippen MR) is 73.1 cm³/mol. The smallest absolute Gasteiger partial charge is 0.303 e. The van der Waals surface area contributed by atoms with Gasteiger partial charge in [0.2, 0.25) is 0 Å². The number of aromatic nitrogens is 1. The lowest BCUT2D eigenvalue weighted by molar-refractivity contribution is -0.136. The van der Waals surface area contributed by atoms with Crippen molar-refractivity contribution in [3.8, 4) is 0 Å². The summed E-state index contributed by atoms with van der Waals surface area (Å²) >= 11 is 1.58. The van der Waals surface area contributed by atoms with Crippen LogP contribution in [0, 0.1) is 5.92 Å². The largest absolute Gasteiger partial charge is 0.481 e. The number of nitrogens with zero attached hydrogens (tertiary/aromatic N) is 1. The molecule has 0 aromatic carbocycles. The van der Waals surface area contributed by atoms with E-state index in [1.54, 1.807) is 11.3 Å². The van der Waals surface area contributed by atoms with E-state index in [-0.39, 0.29) is 6.42 Å². The summed E-state index contributed by atoms with van der Waals surface area (Å²) in [4.78, 5) is 14.9. The minimum absolute atomic E-state index is 0.155. The highest BCUT2D eigenvalue weighted by Gasteiger charge is 2.25. The lowest BCUT2D eigenvalue weighted by Gasteiger charge is -2.15. The van der Waals surface area contributed by atoms with Crippen molar-refractivity contribution in [3.63, 3.8) is 0 Å². The van der Waals surface area contributed by atoms with Crippen molar-refractivity contribution in [3.05, 3.63) is 11.1 Å². The molecule has 1 unspecified atom stereocenters. The molecule has 0 spiro atoms. The van der Waals surface area contributed by atoms with Crippen molar-refractivity contribution in [1.82, 2.24) is 4.98 Å². The Morgan fingerprint density at radius 2 is 2.44 bits per heavy atom. The van der Waals surface area contributed by atoms with E-state index in [4.69, 9.17) is 5.11 Å². The number of rotatable bonds is 8. The average molecular weight is 268 g/mol. The van der Waals surface area contributed by atoms with Crippen molar-refractivity contribution in [2.45, 2.75) is 51.5 Å². The third-order valence-electron chi connectivity index (χ3n) is 3.28. The van der Waals surface area contributed by atoms with Gasteiger partial charge < -0.3 is 10.4 Å². The molecule has 18 heavy (non-hydrogen) atoms. The first-order chi connectivity index (χ1) is 8.67. The van der Waals surface area contributed by atoms with Crippen LogP contribution >= 0.6 is 11.3 Å². The van der Waals surface area contributed by atoms with E-state index < -0.39 is 5.97 Å². The fourth-order valence-corrected chi connectivity index (χ4v) is 2.80. The van der Waals surface area contributed by atoms with Crippen LogP contribution in [0.3, 0.4) is 0 Å². The molecule has 1 heterocycles. The first kappa shape index (κ1) is 13.3. The fourth-order valence-electron chi connectivity index (χ4n) is 1.98. The van der Waals surface area contributed by atoms with Gasteiger partial charge in [0.15, 0.2) is 5.13 Å². The third-order valence-corrected chi connectivity index (χ3v) is 4.10. The van der Waals surface area contributed by atoms with E-state index in [1.165, 1.54) is 19.3 Å². The lowest BCUT2D eigenvalue weighted by atomic mass is 10.1. The lowest BCUT2D eigenvalue weighted by Crippen LogP contribution is -2.18. The van der Waals surface area contributed by atoms with Gasteiger partial charge in [-0.3, -0.25) is 4.79 Å². The highest BCUT2D eigenvalue weighted by atomic mass is 32.1. The number of hydrogen-bond donors (Lipinski definition) is 2. The van der Waals surface area contributed by atoms with Gasteiger partial charge in [-0.25, -0.2) is 4.98 Å². The number of thiazole rings is 1. The molecule has 0 bridgehead atoms. The van der Waals surface area contributed by atoms with Crippen LogP contribution in [-0.4, -0.2) is 22.1 Å². The number of hydrogen-bond acceptors (Lipinski definition) is 4. The maximum atomic E-state index is 10.5. The predicted octanol–water partition coefficient (Wildman–Crippen LogP) is 3.15. The second-order valence-corrected chi connectivity index (χ2v) is 5.82. The molecule has 1 aromatic heterocycles. The first-order valence-corrected chi connectivity index (χ1v) is 7.48. The summed E-state index contributed by atoms with van der Waals surface area (Å²) in [6.07, 6.45) is 5.77. The van der Waals surface area contributed by atoms with Crippen LogP contribution in [0.15, 0.2) is 5.38 Å². The highest BCUT2D eigenvalue weighted by molar-refractivity contribution is 7.13. The van der Waals surface area contributed by atoms with Gasteiger partial charge in [0, 0.05) is 17.8 Å². The molecule has 0 saturated heterocycles. The Labute approximate surface area is 111 Å². The zero-order chi connectivity index (χ0) is 13.0. The fraction of sp³-hybridized carbons (Fsp3) is 0.692. The van der Waals surface area contributed by atoms with Crippen LogP contribution in [0.1, 0.15) is 44.7 Å². The average Bonchev–Trinajstić information content (AvgIpc) is 3.04. The van der Waals surface area contributed by atoms with Gasteiger partial charge in [0.25, 0.3) is 0 Å². The molecular formula is C13H20N2O2S. The van der Waals surface area contributed by atoms with Crippen molar-refractivity contribution < 1.29 is 9.90 Å². The van der Waals surface area contributed by atoms with Gasteiger partial charge in [-0.05, 0) is 18.8 Å². The van der Waals surface area contributed by atoms with Gasteiger partial charge >= 0.3 is 5.97 Å². The molecule has 1 atom stereocenters. The number of carboxylic acids is 1. The summed E-state index contributed by atoms with van der Waals surface area (Å²) in [6, 6.07) is 0.510. The van der Waals surface area contributed by atoms with Crippen molar-refractivity contribution in [2.75, 3.05) is 5.32 Å². The van der Waals surface area contributed by atoms with Gasteiger partial charge in [0.1, 0.15) is 0 Å². The highest BCUT2D eigenvalue weighted by Crippen LogP contribution is 2.35. The molecule has 2 rings (SSSR count). The molecule has 1 saturated carbocycles. The molecule has 1 aliphatic carbocycles. The Bertz CT molecular complexity index is 401. The van der Waals surface area contributed by atoms with E-state index in [1.807, 2.05) is 5.38 Å². The summed E-state index contributed by atoms with van der Waals surface area (Å²) in [6.45, 7) is 2.19. The second-order valence-electron chi connectivity index (χ2n) is 4.97. The number of aliphatic carboxylic acids is 1. The van der Waals surface area contributed by atoms with E-state index in [0.717, 1.165) is 23.2 Å². The number of carboxylic acid groups (broad SMARTS) is 1. The number of aryl methyl sites for hydroxylation is 1. The van der Waals surface area contributed by atoms with Crippen LogP contribution in [0.25, 0.3) is 0 Å². The Morgan fingerprint density at radius 1 is 1.67 bits per heavy atom. The first-order valence-electron chi connectivity index (χ1n) is 6.60. The maximum Gasteiger partial charge on any atom is 0.303 e. The summed E-state index contributed by atoms with van der Waals surface area (Å²) in [5, 5.41) is 15.0. The zero-order valence-corrected chi connectivity index (χ0v) is 11.5. The molecule has 0 radical (unpaired) electrons. The summed E-state index contributed by atoms with van der Waals surface area (Å²) < 4.78 is 0. The van der Waals surface area contributed by atoms with Crippen LogP contribution in [-0.2, 0) is 11.2 Å². The molecule has 1 fully saturated rings. The summed E-state index contributed by atoms with van der Waals surface area (Å²) in [5.41, 5.74) is 0.881. The van der Waals surface area contributed by atoms with Crippen molar-refractivity contribution >= 4 is 22.4 Å². The van der Waals surface area contributed by atoms with Crippen molar-refractivity contribution in [1.29, 1.82) is 0 Å². The topological polar surface area (TPSA) is 62.2 Å². The standard InChI is InChI=1S/C13H20N2O2S/c1-2-10(7-9-3-4-9)14-13-15-11(8-18-13)5-6-12(16)17/h8-10H,2-7H2,1H3,(H,14,15)(H,16,17). The zero-order valence-electron chi connectivity index (χ0n) is 10.7. The SMILES string of the molecule is CCC(CC1CC1)Nc1nc(CCC(=O)O)cs1. The molecule has 2 N–H and O–H groups in total. The normalized spacial score (nSPS) is 16.5. The Morgan fingerprint density at radius 3 is 3.06 bits per heavy atom. The minimum atomic E-state index is -0.766. The Balaban J connectivity index is 1.82. The van der Waals surface area contributed by atoms with Crippen LogP contribution in [0.5, 0.6) is 0 Å². The van der Waals surface area contributed by atoms with Gasteiger partial charge in [-0.15, -0.1) is 11.3 Å². The van der Waals surface area contributed by atoms with Gasteiger partial charge in [0.05, 0.1) is 12.1 Å². The summed E-state index contributed by atoms with van der Waals surface area (Å²) in [7, 11) is 0. The second kappa shape index (κ2) is 6.18. The number of nitrogens with one attached hydrogen (secondary N) is 1. The molecule has 5 heteroatoms. The van der Waals surface area contributed by atoms with Crippen LogP contribution in [0.2, 0.25) is 0 Å². The monoisotopic (exact) mass is 268 g/mol. The molecule has 100 valence electrons. The molecule has 4 nitrogen and oxygen atoms in total. The van der Waals surface area contributed by atoms with Gasteiger partial charge in [-0.1, -0.05) is 19.8 Å². The van der Waals surface area contributed by atoms with E-state index >= 15 is 0 Å². The van der Waals surface area contributed by atoms with E-state index in [0.29, 0.717) is 12.5 Å². The Kier molecular flexibility index (Phi) is 4.58. The Hall–Kier alpha value is -1.10. The number of anilines is 1. The van der Waals surface area contributed by atoms with Gasteiger partial charge in [-0.2, -0.15) is 0 Å². The molecular weight excluding hydrogens is 248 g/mol. The van der Waals surface area contributed by atoms with Crippen molar-refractivity contribution in [2.24, 2.45) is 5.92 Å². The van der Waals surface area contributed by atoms with Crippen LogP contribution < -0.4 is 5.32 Å². The molecule has 0 amide bonds. The maximum absolute atomic E-state index is 10.5. The van der Waals surface area contributed by atoms with E-state index in [9.17, 15) is 4.79 Å². The minimum Gasteiger partial charge on any atom is -0.481 e. The molecule has 0 aliphatic heterocycles. The number of carbonyl (C=O) groups is 1. The molecule has 1 aliphatic rings. The quantitative estimate of drug-likeness (QED) is 0.760. The van der Waals surface area contributed by atoms with E-state index in [2.05, 4.69) is 17.2 Å².